The number of carbonyl (C=O) groups is 1. The lowest BCUT2D eigenvalue weighted by atomic mass is 9.85. The highest BCUT2D eigenvalue weighted by atomic mass is 16.5. The van der Waals surface area contributed by atoms with Crippen molar-refractivity contribution in [2.45, 2.75) is 26.3 Å². The zero-order valence-corrected chi connectivity index (χ0v) is 15.1. The van der Waals surface area contributed by atoms with E-state index in [-0.39, 0.29) is 5.41 Å². The van der Waals surface area contributed by atoms with E-state index in [1.54, 1.807) is 7.11 Å². The number of benzene rings is 1. The Kier molecular flexibility index (Phi) is 4.29. The highest BCUT2D eigenvalue weighted by molar-refractivity contribution is 5.85. The fraction of sp³-hybridized carbons (Fsp3) is 0.550. The Morgan fingerprint density at radius 3 is 2.84 bits per heavy atom. The number of amides is 1. The molecule has 0 radical (unpaired) electrons. The fourth-order valence-electron chi connectivity index (χ4n) is 4.36. The molecule has 25 heavy (non-hydrogen) atoms. The SMILES string of the molecule is COCCN1CCC2(CCN(Cc3oc4ccccc4c3C)C2)C1=O. The molecule has 2 aliphatic rings. The molecule has 2 aliphatic heterocycles. The van der Waals surface area contributed by atoms with E-state index < -0.39 is 0 Å². The van der Waals surface area contributed by atoms with Crippen molar-refractivity contribution in [3.8, 4) is 0 Å². The van der Waals surface area contributed by atoms with Crippen molar-refractivity contribution in [2.75, 3.05) is 39.9 Å². The Hall–Kier alpha value is -1.85. The van der Waals surface area contributed by atoms with E-state index in [0.717, 1.165) is 50.4 Å². The van der Waals surface area contributed by atoms with Crippen LogP contribution in [0.2, 0.25) is 0 Å². The summed E-state index contributed by atoms with van der Waals surface area (Å²) >= 11 is 0. The summed E-state index contributed by atoms with van der Waals surface area (Å²) in [5.41, 5.74) is 1.98. The van der Waals surface area contributed by atoms with Gasteiger partial charge >= 0.3 is 0 Å². The lowest BCUT2D eigenvalue weighted by Crippen LogP contribution is -2.38. The van der Waals surface area contributed by atoms with E-state index in [9.17, 15) is 4.79 Å². The lowest BCUT2D eigenvalue weighted by molar-refractivity contribution is -0.136. The molecule has 2 fully saturated rings. The number of hydrogen-bond acceptors (Lipinski definition) is 4. The number of hydrogen-bond donors (Lipinski definition) is 0. The molecule has 134 valence electrons. The first-order valence-electron chi connectivity index (χ1n) is 9.11. The first-order chi connectivity index (χ1) is 12.1. The minimum atomic E-state index is -0.187. The van der Waals surface area contributed by atoms with Crippen LogP contribution in [0, 0.1) is 12.3 Å². The summed E-state index contributed by atoms with van der Waals surface area (Å²) in [5.74, 6) is 1.34. The van der Waals surface area contributed by atoms with Crippen LogP contribution in [0.5, 0.6) is 0 Å². The van der Waals surface area contributed by atoms with Gasteiger partial charge in [0.05, 0.1) is 18.6 Å². The number of carbonyl (C=O) groups excluding carboxylic acids is 1. The zero-order chi connectivity index (χ0) is 17.4. The number of likely N-dealkylation sites (tertiary alicyclic amines) is 2. The molecule has 1 unspecified atom stereocenters. The number of furan rings is 1. The summed E-state index contributed by atoms with van der Waals surface area (Å²) in [7, 11) is 1.68. The number of fused-ring (bicyclic) bond motifs is 1. The molecule has 0 bridgehead atoms. The maximum absolute atomic E-state index is 12.9. The largest absolute Gasteiger partial charge is 0.459 e. The molecule has 0 N–H and O–H groups in total. The van der Waals surface area contributed by atoms with E-state index in [0.29, 0.717) is 19.1 Å². The molecule has 1 aromatic carbocycles. The van der Waals surface area contributed by atoms with Gasteiger partial charge in [0.25, 0.3) is 0 Å². The highest BCUT2D eigenvalue weighted by Gasteiger charge is 2.50. The van der Waals surface area contributed by atoms with Crippen LogP contribution < -0.4 is 0 Å². The standard InChI is InChI=1S/C20H26N2O3/c1-15-16-5-3-4-6-17(16)25-18(15)13-21-9-7-20(14-21)8-10-22(19(20)23)11-12-24-2/h3-6H,7-14H2,1-2H3. The fourth-order valence-corrected chi connectivity index (χ4v) is 4.36. The molecule has 1 aromatic heterocycles. The molecule has 0 aliphatic carbocycles. The van der Waals surface area contributed by atoms with E-state index in [1.165, 1.54) is 10.9 Å². The van der Waals surface area contributed by atoms with Gasteiger partial charge in [-0.2, -0.15) is 0 Å². The Bertz CT molecular complexity index is 784. The second-order valence-corrected chi connectivity index (χ2v) is 7.42. The van der Waals surface area contributed by atoms with Crippen molar-refractivity contribution in [3.63, 3.8) is 0 Å². The van der Waals surface area contributed by atoms with E-state index >= 15 is 0 Å². The number of ether oxygens (including phenoxy) is 1. The monoisotopic (exact) mass is 342 g/mol. The van der Waals surface area contributed by atoms with Crippen LogP contribution in [0.4, 0.5) is 0 Å². The van der Waals surface area contributed by atoms with Crippen molar-refractivity contribution < 1.29 is 13.9 Å². The molecular weight excluding hydrogens is 316 g/mol. The lowest BCUT2D eigenvalue weighted by Gasteiger charge is -2.23. The van der Waals surface area contributed by atoms with Crippen LogP contribution in [0.25, 0.3) is 11.0 Å². The van der Waals surface area contributed by atoms with Crippen molar-refractivity contribution >= 4 is 16.9 Å². The zero-order valence-electron chi connectivity index (χ0n) is 15.1. The van der Waals surface area contributed by atoms with Crippen LogP contribution >= 0.6 is 0 Å². The van der Waals surface area contributed by atoms with Gasteiger partial charge in [0.15, 0.2) is 0 Å². The second-order valence-electron chi connectivity index (χ2n) is 7.42. The van der Waals surface area contributed by atoms with Crippen LogP contribution in [-0.2, 0) is 16.1 Å². The van der Waals surface area contributed by atoms with Crippen LogP contribution in [0.15, 0.2) is 28.7 Å². The molecule has 5 heteroatoms. The molecule has 4 rings (SSSR count). The van der Waals surface area contributed by atoms with Gasteiger partial charge in [-0.05, 0) is 37.9 Å². The van der Waals surface area contributed by atoms with Gasteiger partial charge in [-0.25, -0.2) is 0 Å². The van der Waals surface area contributed by atoms with Crippen molar-refractivity contribution in [1.82, 2.24) is 9.80 Å². The number of aryl methyl sites for hydroxylation is 1. The Balaban J connectivity index is 1.46. The topological polar surface area (TPSA) is 45.9 Å². The second kappa shape index (κ2) is 6.46. The molecule has 2 saturated heterocycles. The summed E-state index contributed by atoms with van der Waals surface area (Å²) in [4.78, 5) is 17.2. The summed E-state index contributed by atoms with van der Waals surface area (Å²) in [6.07, 6.45) is 1.92. The minimum Gasteiger partial charge on any atom is -0.459 e. The van der Waals surface area contributed by atoms with Crippen molar-refractivity contribution in [2.24, 2.45) is 5.41 Å². The Labute approximate surface area is 148 Å². The summed E-state index contributed by atoms with van der Waals surface area (Å²) < 4.78 is 11.2. The average Bonchev–Trinajstić information content (AvgIpc) is 3.27. The predicted octanol–water partition coefficient (Wildman–Crippen LogP) is 2.81. The van der Waals surface area contributed by atoms with Crippen LogP contribution in [-0.4, -0.2) is 55.6 Å². The molecule has 1 spiro atoms. The average molecular weight is 342 g/mol. The number of rotatable bonds is 5. The van der Waals surface area contributed by atoms with Crippen molar-refractivity contribution in [1.29, 1.82) is 0 Å². The third-order valence-electron chi connectivity index (χ3n) is 5.91. The van der Waals surface area contributed by atoms with Gasteiger partial charge < -0.3 is 14.1 Å². The van der Waals surface area contributed by atoms with Crippen LogP contribution in [0.1, 0.15) is 24.2 Å². The maximum Gasteiger partial charge on any atom is 0.230 e. The molecule has 1 atom stereocenters. The number of nitrogens with zero attached hydrogens (tertiary/aromatic N) is 2. The van der Waals surface area contributed by atoms with Crippen molar-refractivity contribution in [3.05, 3.63) is 35.6 Å². The summed E-state index contributed by atoms with van der Waals surface area (Å²) in [5, 5.41) is 1.19. The molecule has 2 aromatic rings. The summed E-state index contributed by atoms with van der Waals surface area (Å²) in [6.45, 7) is 6.89. The molecule has 0 saturated carbocycles. The smallest absolute Gasteiger partial charge is 0.230 e. The predicted molar refractivity (Wildman–Crippen MR) is 96.4 cm³/mol. The summed E-state index contributed by atoms with van der Waals surface area (Å²) in [6, 6.07) is 8.18. The van der Waals surface area contributed by atoms with Gasteiger partial charge in [0.1, 0.15) is 11.3 Å². The molecule has 1 amide bonds. The Morgan fingerprint density at radius 1 is 1.24 bits per heavy atom. The normalized spacial score (nSPS) is 24.2. The van der Waals surface area contributed by atoms with Gasteiger partial charge in [0, 0.05) is 32.1 Å². The molecule has 3 heterocycles. The third kappa shape index (κ3) is 2.85. The van der Waals surface area contributed by atoms with E-state index in [1.807, 2.05) is 23.1 Å². The number of para-hydroxylation sites is 1. The molecular formula is C20H26N2O3. The quantitative estimate of drug-likeness (QED) is 0.838. The maximum atomic E-state index is 12.9. The Morgan fingerprint density at radius 2 is 2.04 bits per heavy atom. The van der Waals surface area contributed by atoms with E-state index in [2.05, 4.69) is 17.9 Å². The molecule has 5 nitrogen and oxygen atoms in total. The third-order valence-corrected chi connectivity index (χ3v) is 5.91. The van der Waals surface area contributed by atoms with Gasteiger partial charge in [-0.1, -0.05) is 18.2 Å². The minimum absolute atomic E-state index is 0.187. The van der Waals surface area contributed by atoms with Crippen LogP contribution in [0.3, 0.4) is 0 Å². The van der Waals surface area contributed by atoms with Gasteiger partial charge in [0.2, 0.25) is 5.91 Å². The number of methoxy groups -OCH3 is 1. The van der Waals surface area contributed by atoms with Gasteiger partial charge in [-0.3, -0.25) is 9.69 Å². The van der Waals surface area contributed by atoms with E-state index in [4.69, 9.17) is 9.15 Å². The first kappa shape index (κ1) is 16.6. The first-order valence-corrected chi connectivity index (χ1v) is 9.11. The van der Waals surface area contributed by atoms with Gasteiger partial charge in [-0.15, -0.1) is 0 Å². The highest BCUT2D eigenvalue weighted by Crippen LogP contribution is 2.41.